The Hall–Kier alpha value is -1.81. The van der Waals surface area contributed by atoms with E-state index in [9.17, 15) is 4.79 Å². The monoisotopic (exact) mass is 347 g/mol. The van der Waals surface area contributed by atoms with Gasteiger partial charge in [0.15, 0.2) is 0 Å². The van der Waals surface area contributed by atoms with Gasteiger partial charge in [0.25, 0.3) is 5.91 Å². The number of para-hydroxylation sites is 1. The highest BCUT2D eigenvalue weighted by Crippen LogP contribution is 2.27. The fraction of sp³-hybridized carbons (Fsp3) is 0.235. The Morgan fingerprint density at radius 1 is 1.19 bits per heavy atom. The molecule has 0 aromatic heterocycles. The molecule has 2 aromatic rings. The Bertz CT molecular complexity index is 653. The summed E-state index contributed by atoms with van der Waals surface area (Å²) in [6.45, 7) is 4.20. The largest absolute Gasteiger partial charge is 0.496 e. The second-order valence-electron chi connectivity index (χ2n) is 5.04. The summed E-state index contributed by atoms with van der Waals surface area (Å²) in [5.74, 6) is 0.713. The first kappa shape index (κ1) is 15.6. The third-order valence-electron chi connectivity index (χ3n) is 3.24. The van der Waals surface area contributed by atoms with E-state index in [0.29, 0.717) is 17.2 Å². The van der Waals surface area contributed by atoms with Gasteiger partial charge in [0.1, 0.15) is 5.75 Å². The van der Waals surface area contributed by atoms with Gasteiger partial charge in [0.05, 0.1) is 12.7 Å². The summed E-state index contributed by atoms with van der Waals surface area (Å²) >= 11 is 3.38. The first-order valence-corrected chi connectivity index (χ1v) is 7.56. The van der Waals surface area contributed by atoms with E-state index in [0.717, 1.165) is 15.7 Å². The molecule has 0 bridgehead atoms. The second kappa shape index (κ2) is 6.76. The summed E-state index contributed by atoms with van der Waals surface area (Å²) in [5.41, 5.74) is 2.45. The summed E-state index contributed by atoms with van der Waals surface area (Å²) in [6, 6.07) is 13.2. The van der Waals surface area contributed by atoms with Crippen molar-refractivity contribution in [3.63, 3.8) is 0 Å². The molecular weight excluding hydrogens is 330 g/mol. The lowest BCUT2D eigenvalue weighted by molar-refractivity contribution is 0.102. The number of nitrogens with one attached hydrogen (secondary N) is 1. The lowest BCUT2D eigenvalue weighted by Crippen LogP contribution is -2.14. The first-order valence-electron chi connectivity index (χ1n) is 6.76. The van der Waals surface area contributed by atoms with Gasteiger partial charge in [-0.2, -0.15) is 0 Å². The molecule has 0 saturated heterocycles. The van der Waals surface area contributed by atoms with Gasteiger partial charge in [0.2, 0.25) is 0 Å². The van der Waals surface area contributed by atoms with Gasteiger partial charge in [-0.1, -0.05) is 48.0 Å². The van der Waals surface area contributed by atoms with Gasteiger partial charge < -0.3 is 10.1 Å². The Morgan fingerprint density at radius 3 is 2.57 bits per heavy atom. The Labute approximate surface area is 133 Å². The average Bonchev–Trinajstić information content (AvgIpc) is 2.47. The SMILES string of the molecule is COc1ccc(Br)cc1C(=O)Nc1ccccc1C(C)C. The van der Waals surface area contributed by atoms with E-state index in [4.69, 9.17) is 4.74 Å². The van der Waals surface area contributed by atoms with Crippen molar-refractivity contribution in [1.29, 1.82) is 0 Å². The van der Waals surface area contributed by atoms with Crippen LogP contribution in [0.4, 0.5) is 5.69 Å². The maximum absolute atomic E-state index is 12.5. The van der Waals surface area contributed by atoms with E-state index in [1.54, 1.807) is 19.2 Å². The molecule has 1 N–H and O–H groups in total. The van der Waals surface area contributed by atoms with Crippen molar-refractivity contribution < 1.29 is 9.53 Å². The van der Waals surface area contributed by atoms with Crippen LogP contribution < -0.4 is 10.1 Å². The number of benzene rings is 2. The number of methoxy groups -OCH3 is 1. The number of hydrogen-bond donors (Lipinski definition) is 1. The van der Waals surface area contributed by atoms with E-state index in [1.165, 1.54) is 0 Å². The zero-order chi connectivity index (χ0) is 15.4. The number of hydrogen-bond acceptors (Lipinski definition) is 2. The number of ether oxygens (including phenoxy) is 1. The number of anilines is 1. The Morgan fingerprint density at radius 2 is 1.90 bits per heavy atom. The van der Waals surface area contributed by atoms with Crippen LogP contribution in [0.5, 0.6) is 5.75 Å². The topological polar surface area (TPSA) is 38.3 Å². The standard InChI is InChI=1S/C17H18BrNO2/c1-11(2)13-6-4-5-7-15(13)19-17(20)14-10-12(18)8-9-16(14)21-3/h4-11H,1-3H3,(H,19,20). The summed E-state index contributed by atoms with van der Waals surface area (Å²) in [5, 5.41) is 2.97. The molecule has 0 fully saturated rings. The molecule has 0 aliphatic heterocycles. The molecule has 0 radical (unpaired) electrons. The zero-order valence-corrected chi connectivity index (χ0v) is 13.9. The number of amides is 1. The number of carbonyl (C=O) groups excluding carboxylic acids is 1. The third kappa shape index (κ3) is 3.64. The highest BCUT2D eigenvalue weighted by atomic mass is 79.9. The van der Waals surface area contributed by atoms with Crippen LogP contribution in [0.2, 0.25) is 0 Å². The second-order valence-corrected chi connectivity index (χ2v) is 5.96. The predicted molar refractivity (Wildman–Crippen MR) is 89.2 cm³/mol. The van der Waals surface area contributed by atoms with Crippen molar-refractivity contribution in [3.05, 3.63) is 58.1 Å². The smallest absolute Gasteiger partial charge is 0.259 e. The molecule has 2 aromatic carbocycles. The Kier molecular flexibility index (Phi) is 5.02. The highest BCUT2D eigenvalue weighted by molar-refractivity contribution is 9.10. The van der Waals surface area contributed by atoms with Gasteiger partial charge in [0, 0.05) is 10.2 Å². The zero-order valence-electron chi connectivity index (χ0n) is 12.3. The van der Waals surface area contributed by atoms with E-state index < -0.39 is 0 Å². The minimum absolute atomic E-state index is 0.179. The molecule has 4 heteroatoms. The maximum Gasteiger partial charge on any atom is 0.259 e. The normalized spacial score (nSPS) is 10.5. The summed E-state index contributed by atoms with van der Waals surface area (Å²) in [7, 11) is 1.56. The molecule has 0 unspecified atom stereocenters. The number of rotatable bonds is 4. The van der Waals surface area contributed by atoms with Crippen LogP contribution >= 0.6 is 15.9 Å². The summed E-state index contributed by atoms with van der Waals surface area (Å²) in [6.07, 6.45) is 0. The van der Waals surface area contributed by atoms with Crippen LogP contribution in [0.3, 0.4) is 0 Å². The molecule has 0 aliphatic rings. The van der Waals surface area contributed by atoms with E-state index in [1.807, 2.05) is 30.3 Å². The number of halogens is 1. The van der Waals surface area contributed by atoms with E-state index in [-0.39, 0.29) is 5.91 Å². The van der Waals surface area contributed by atoms with E-state index in [2.05, 4.69) is 35.1 Å². The van der Waals surface area contributed by atoms with Crippen LogP contribution in [0.25, 0.3) is 0 Å². The van der Waals surface area contributed by atoms with Crippen LogP contribution in [0, 0.1) is 0 Å². The predicted octanol–water partition coefficient (Wildman–Crippen LogP) is 4.83. The van der Waals surface area contributed by atoms with Gasteiger partial charge >= 0.3 is 0 Å². The van der Waals surface area contributed by atoms with Crippen molar-refractivity contribution in [2.45, 2.75) is 19.8 Å². The molecule has 0 heterocycles. The van der Waals surface area contributed by atoms with Crippen molar-refractivity contribution >= 4 is 27.5 Å². The molecule has 110 valence electrons. The molecular formula is C17H18BrNO2. The molecule has 0 aliphatic carbocycles. The van der Waals surface area contributed by atoms with Crippen LogP contribution in [-0.2, 0) is 0 Å². The van der Waals surface area contributed by atoms with Gasteiger partial charge in [-0.25, -0.2) is 0 Å². The molecule has 0 spiro atoms. The molecule has 21 heavy (non-hydrogen) atoms. The van der Waals surface area contributed by atoms with Crippen LogP contribution in [-0.4, -0.2) is 13.0 Å². The fourth-order valence-corrected chi connectivity index (χ4v) is 2.52. The molecule has 0 saturated carbocycles. The molecule has 1 amide bonds. The van der Waals surface area contributed by atoms with Gasteiger partial charge in [-0.15, -0.1) is 0 Å². The minimum Gasteiger partial charge on any atom is -0.496 e. The Balaban J connectivity index is 2.33. The fourth-order valence-electron chi connectivity index (χ4n) is 2.16. The lowest BCUT2D eigenvalue weighted by atomic mass is 10.0. The molecule has 3 nitrogen and oxygen atoms in total. The van der Waals surface area contributed by atoms with Crippen LogP contribution in [0.15, 0.2) is 46.9 Å². The van der Waals surface area contributed by atoms with Gasteiger partial charge in [-0.05, 0) is 35.7 Å². The minimum atomic E-state index is -0.179. The lowest BCUT2D eigenvalue weighted by Gasteiger charge is -2.15. The van der Waals surface area contributed by atoms with Crippen molar-refractivity contribution in [3.8, 4) is 5.75 Å². The maximum atomic E-state index is 12.5. The molecule has 0 atom stereocenters. The van der Waals surface area contributed by atoms with Crippen molar-refractivity contribution in [2.75, 3.05) is 12.4 Å². The quantitative estimate of drug-likeness (QED) is 0.859. The third-order valence-corrected chi connectivity index (χ3v) is 3.73. The first-order chi connectivity index (χ1) is 10.0. The summed E-state index contributed by atoms with van der Waals surface area (Å²) < 4.78 is 6.09. The van der Waals surface area contributed by atoms with Gasteiger partial charge in [-0.3, -0.25) is 4.79 Å². The highest BCUT2D eigenvalue weighted by Gasteiger charge is 2.15. The van der Waals surface area contributed by atoms with Crippen LogP contribution in [0.1, 0.15) is 35.7 Å². The number of carbonyl (C=O) groups is 1. The summed E-state index contributed by atoms with van der Waals surface area (Å²) in [4.78, 5) is 12.5. The molecule has 2 rings (SSSR count). The average molecular weight is 348 g/mol. The van der Waals surface area contributed by atoms with E-state index >= 15 is 0 Å². The van der Waals surface area contributed by atoms with Crippen molar-refractivity contribution in [2.24, 2.45) is 0 Å². The van der Waals surface area contributed by atoms with Crippen molar-refractivity contribution in [1.82, 2.24) is 0 Å².